The molecule has 0 atom stereocenters. The van der Waals surface area contributed by atoms with Crippen molar-refractivity contribution in [2.24, 2.45) is 0 Å². The molecule has 1 aromatic carbocycles. The molecule has 0 spiro atoms. The van der Waals surface area contributed by atoms with E-state index in [2.05, 4.69) is 50.3 Å². The van der Waals surface area contributed by atoms with Crippen LogP contribution in [0.1, 0.15) is 5.56 Å². The average molecular weight is 264 g/mol. The molecule has 0 saturated heterocycles. The third-order valence-corrected chi connectivity index (χ3v) is 2.32. The fraction of sp³-hybridized carbons (Fsp3) is 0.0909. The van der Waals surface area contributed by atoms with Crippen molar-refractivity contribution in [2.45, 2.75) is 6.92 Å². The Labute approximate surface area is 96.7 Å². The van der Waals surface area contributed by atoms with Crippen molar-refractivity contribution in [3.8, 4) is 0 Å². The molecular weight excluding hydrogens is 254 g/mol. The molecule has 4 heteroatoms. The second kappa shape index (κ2) is 4.40. The molecule has 1 heterocycles. The number of hydrogen-bond donors (Lipinski definition) is 1. The van der Waals surface area contributed by atoms with Gasteiger partial charge in [0, 0.05) is 5.69 Å². The minimum atomic E-state index is 0.734. The van der Waals surface area contributed by atoms with Crippen molar-refractivity contribution in [1.29, 1.82) is 0 Å². The Balaban J connectivity index is 2.18. The number of nitrogens with one attached hydrogen (secondary N) is 1. The smallest absolute Gasteiger partial charge is 0.148 e. The van der Waals surface area contributed by atoms with E-state index >= 15 is 0 Å². The number of halogens is 1. The summed E-state index contributed by atoms with van der Waals surface area (Å²) in [7, 11) is 0. The molecule has 3 nitrogen and oxygen atoms in total. The zero-order valence-corrected chi connectivity index (χ0v) is 9.82. The van der Waals surface area contributed by atoms with Crippen LogP contribution in [0, 0.1) is 6.92 Å². The summed E-state index contributed by atoms with van der Waals surface area (Å²) in [4.78, 5) is 8.27. The molecule has 0 fully saturated rings. The van der Waals surface area contributed by atoms with Gasteiger partial charge >= 0.3 is 0 Å². The lowest BCUT2D eigenvalue weighted by atomic mass is 10.2. The summed E-state index contributed by atoms with van der Waals surface area (Å²) >= 11 is 3.24. The van der Waals surface area contributed by atoms with Gasteiger partial charge in [-0.05, 0) is 40.5 Å². The van der Waals surface area contributed by atoms with Crippen LogP contribution in [0.2, 0.25) is 0 Å². The molecule has 0 aliphatic rings. The lowest BCUT2D eigenvalue weighted by molar-refractivity contribution is 1.16. The van der Waals surface area contributed by atoms with Gasteiger partial charge in [-0.3, -0.25) is 0 Å². The van der Waals surface area contributed by atoms with E-state index in [-0.39, 0.29) is 0 Å². The van der Waals surface area contributed by atoms with E-state index in [0.717, 1.165) is 16.1 Å². The minimum absolute atomic E-state index is 0.734. The first-order valence-corrected chi connectivity index (χ1v) is 5.34. The summed E-state index contributed by atoms with van der Waals surface area (Å²) in [5.74, 6) is 0.740. The molecule has 0 unspecified atom stereocenters. The molecule has 0 amide bonds. The maximum atomic E-state index is 4.18. The number of hydrogen-bond acceptors (Lipinski definition) is 3. The zero-order chi connectivity index (χ0) is 10.7. The van der Waals surface area contributed by atoms with Gasteiger partial charge in [0.15, 0.2) is 0 Å². The van der Waals surface area contributed by atoms with Gasteiger partial charge in [0.25, 0.3) is 0 Å². The molecule has 15 heavy (non-hydrogen) atoms. The van der Waals surface area contributed by atoms with Crippen molar-refractivity contribution in [2.75, 3.05) is 5.32 Å². The highest BCUT2D eigenvalue weighted by Gasteiger charge is 1.96. The summed E-state index contributed by atoms with van der Waals surface area (Å²) in [6, 6.07) is 8.11. The van der Waals surface area contributed by atoms with E-state index in [1.165, 1.54) is 5.56 Å². The van der Waals surface area contributed by atoms with Gasteiger partial charge < -0.3 is 5.32 Å². The van der Waals surface area contributed by atoms with Gasteiger partial charge in [-0.1, -0.05) is 12.1 Å². The molecular formula is C11H10BrN3. The maximum Gasteiger partial charge on any atom is 0.148 e. The van der Waals surface area contributed by atoms with E-state index in [1.54, 1.807) is 12.4 Å². The first-order valence-electron chi connectivity index (χ1n) is 4.55. The van der Waals surface area contributed by atoms with Crippen molar-refractivity contribution in [1.82, 2.24) is 9.97 Å². The van der Waals surface area contributed by atoms with Crippen LogP contribution in [0.3, 0.4) is 0 Å². The Morgan fingerprint density at radius 1 is 1.20 bits per heavy atom. The molecule has 0 saturated carbocycles. The highest BCUT2D eigenvalue weighted by atomic mass is 79.9. The van der Waals surface area contributed by atoms with E-state index in [4.69, 9.17) is 0 Å². The van der Waals surface area contributed by atoms with Gasteiger partial charge in [-0.2, -0.15) is 0 Å². The van der Waals surface area contributed by atoms with E-state index in [9.17, 15) is 0 Å². The van der Waals surface area contributed by atoms with Gasteiger partial charge in [0.2, 0.25) is 0 Å². The molecule has 76 valence electrons. The SMILES string of the molecule is Cc1cccc(Nc2cnc(Br)cn2)c1. The van der Waals surface area contributed by atoms with Crippen molar-refractivity contribution in [3.05, 3.63) is 46.8 Å². The normalized spacial score (nSPS) is 10.0. The van der Waals surface area contributed by atoms with Gasteiger partial charge in [0.05, 0.1) is 12.4 Å². The van der Waals surface area contributed by atoms with Crippen LogP contribution < -0.4 is 5.32 Å². The average Bonchev–Trinajstić information content (AvgIpc) is 2.22. The summed E-state index contributed by atoms with van der Waals surface area (Å²) < 4.78 is 0.734. The fourth-order valence-electron chi connectivity index (χ4n) is 1.25. The number of aromatic nitrogens is 2. The first-order chi connectivity index (χ1) is 7.24. The Hall–Kier alpha value is -1.42. The maximum absolute atomic E-state index is 4.18. The summed E-state index contributed by atoms with van der Waals surface area (Å²) in [6.45, 7) is 2.05. The zero-order valence-electron chi connectivity index (χ0n) is 8.24. The lowest BCUT2D eigenvalue weighted by Gasteiger charge is -2.05. The van der Waals surface area contributed by atoms with Crippen LogP contribution in [-0.2, 0) is 0 Å². The van der Waals surface area contributed by atoms with Crippen molar-refractivity contribution in [3.63, 3.8) is 0 Å². The van der Waals surface area contributed by atoms with E-state index in [0.29, 0.717) is 0 Å². The van der Waals surface area contributed by atoms with Gasteiger partial charge in [0.1, 0.15) is 10.4 Å². The molecule has 0 aliphatic heterocycles. The van der Waals surface area contributed by atoms with Gasteiger partial charge in [-0.25, -0.2) is 9.97 Å². The molecule has 0 bridgehead atoms. The summed E-state index contributed by atoms with van der Waals surface area (Å²) in [5, 5.41) is 3.18. The predicted molar refractivity (Wildman–Crippen MR) is 64.2 cm³/mol. The molecule has 1 aromatic heterocycles. The minimum Gasteiger partial charge on any atom is -0.339 e. The molecule has 2 aromatic rings. The monoisotopic (exact) mass is 263 g/mol. The van der Waals surface area contributed by atoms with E-state index in [1.807, 2.05) is 12.1 Å². The second-order valence-corrected chi connectivity index (χ2v) is 4.03. The topological polar surface area (TPSA) is 37.8 Å². The first kappa shape index (κ1) is 10.1. The lowest BCUT2D eigenvalue weighted by Crippen LogP contribution is -1.94. The third-order valence-electron chi connectivity index (χ3n) is 1.91. The van der Waals surface area contributed by atoms with E-state index < -0.39 is 0 Å². The highest BCUT2D eigenvalue weighted by molar-refractivity contribution is 9.10. The largest absolute Gasteiger partial charge is 0.339 e. The van der Waals surface area contributed by atoms with Crippen LogP contribution in [0.4, 0.5) is 11.5 Å². The molecule has 1 N–H and O–H groups in total. The van der Waals surface area contributed by atoms with Gasteiger partial charge in [-0.15, -0.1) is 0 Å². The summed E-state index contributed by atoms with van der Waals surface area (Å²) in [5.41, 5.74) is 2.23. The van der Waals surface area contributed by atoms with Crippen LogP contribution in [-0.4, -0.2) is 9.97 Å². The summed E-state index contributed by atoms with van der Waals surface area (Å²) in [6.07, 6.45) is 3.35. The van der Waals surface area contributed by atoms with Crippen LogP contribution >= 0.6 is 15.9 Å². The Kier molecular flexibility index (Phi) is 2.97. The number of benzene rings is 1. The fourth-order valence-corrected chi connectivity index (χ4v) is 1.45. The predicted octanol–water partition coefficient (Wildman–Crippen LogP) is 3.29. The Bertz CT molecular complexity index is 454. The van der Waals surface area contributed by atoms with Crippen LogP contribution in [0.15, 0.2) is 41.3 Å². The van der Waals surface area contributed by atoms with Crippen LogP contribution in [0.25, 0.3) is 0 Å². The number of aryl methyl sites for hydroxylation is 1. The Morgan fingerprint density at radius 2 is 2.07 bits per heavy atom. The molecule has 0 aliphatic carbocycles. The van der Waals surface area contributed by atoms with Crippen LogP contribution in [0.5, 0.6) is 0 Å². The second-order valence-electron chi connectivity index (χ2n) is 3.22. The third kappa shape index (κ3) is 2.76. The quantitative estimate of drug-likeness (QED) is 0.904. The number of rotatable bonds is 2. The van der Waals surface area contributed by atoms with Crippen molar-refractivity contribution < 1.29 is 0 Å². The highest BCUT2D eigenvalue weighted by Crippen LogP contribution is 2.15. The van der Waals surface area contributed by atoms with Crippen molar-refractivity contribution >= 4 is 27.4 Å². The molecule has 0 radical (unpaired) electrons. The molecule has 2 rings (SSSR count). The number of anilines is 2. The Morgan fingerprint density at radius 3 is 2.73 bits per heavy atom. The number of nitrogens with zero attached hydrogens (tertiary/aromatic N) is 2. The standard InChI is InChI=1S/C11H10BrN3/c1-8-3-2-4-9(5-8)15-11-7-13-10(12)6-14-11/h2-7H,1H3,(H,14,15).